The lowest BCUT2D eigenvalue weighted by Gasteiger charge is -2.15. The fourth-order valence-electron chi connectivity index (χ4n) is 2.15. The van der Waals surface area contributed by atoms with Crippen molar-refractivity contribution in [2.24, 2.45) is 0 Å². The summed E-state index contributed by atoms with van der Waals surface area (Å²) >= 11 is 0. The van der Waals surface area contributed by atoms with Crippen molar-refractivity contribution in [3.63, 3.8) is 0 Å². The van der Waals surface area contributed by atoms with E-state index < -0.39 is 0 Å². The molecule has 0 unspecified atom stereocenters. The van der Waals surface area contributed by atoms with Gasteiger partial charge in [-0.2, -0.15) is 0 Å². The topological polar surface area (TPSA) is 38.3 Å². The molecule has 3 heteroatoms. The summed E-state index contributed by atoms with van der Waals surface area (Å²) in [4.78, 5) is 11.5. The maximum atomic E-state index is 11.5. The quantitative estimate of drug-likeness (QED) is 0.626. The highest BCUT2D eigenvalue weighted by molar-refractivity contribution is 5.82. The van der Waals surface area contributed by atoms with Gasteiger partial charge in [0.2, 0.25) is 0 Å². The van der Waals surface area contributed by atoms with E-state index >= 15 is 0 Å². The highest BCUT2D eigenvalue weighted by atomic mass is 16.5. The Labute approximate surface area is 131 Å². The summed E-state index contributed by atoms with van der Waals surface area (Å²) in [7, 11) is 0. The van der Waals surface area contributed by atoms with Crippen molar-refractivity contribution in [2.75, 3.05) is 6.61 Å². The number of nitrogens with one attached hydrogen (secondary N) is 1. The second-order valence-electron chi connectivity index (χ2n) is 4.87. The average Bonchev–Trinajstić information content (AvgIpc) is 2.57. The van der Waals surface area contributed by atoms with Crippen LogP contribution < -0.4 is 5.32 Å². The summed E-state index contributed by atoms with van der Waals surface area (Å²) in [6.45, 7) is 2.91. The third kappa shape index (κ3) is 5.19. The van der Waals surface area contributed by atoms with Crippen molar-refractivity contribution in [3.8, 4) is 0 Å². The maximum Gasteiger partial charge on any atom is 0.330 e. The van der Waals surface area contributed by atoms with Gasteiger partial charge in [0.1, 0.15) is 0 Å². The van der Waals surface area contributed by atoms with Gasteiger partial charge in [-0.15, -0.1) is 0 Å². The van der Waals surface area contributed by atoms with E-state index in [-0.39, 0.29) is 12.0 Å². The molecular formula is C19H21NO2. The molecule has 0 fully saturated rings. The van der Waals surface area contributed by atoms with Gasteiger partial charge in [-0.05, 0) is 18.1 Å². The van der Waals surface area contributed by atoms with Crippen LogP contribution in [0, 0.1) is 0 Å². The number of rotatable bonds is 7. The number of benzene rings is 2. The van der Waals surface area contributed by atoms with Crippen LogP contribution in [0.4, 0.5) is 0 Å². The van der Waals surface area contributed by atoms with Gasteiger partial charge in [0.15, 0.2) is 0 Å². The average molecular weight is 295 g/mol. The van der Waals surface area contributed by atoms with E-state index in [9.17, 15) is 4.79 Å². The fraction of sp³-hybridized carbons (Fsp3) is 0.211. The van der Waals surface area contributed by atoms with E-state index in [1.54, 1.807) is 6.92 Å². The second kappa shape index (κ2) is 8.80. The number of carbonyl (C=O) groups is 1. The molecule has 1 atom stereocenters. The van der Waals surface area contributed by atoms with Crippen LogP contribution in [0.5, 0.6) is 0 Å². The van der Waals surface area contributed by atoms with E-state index in [0.717, 1.165) is 12.1 Å². The Hall–Kier alpha value is -2.39. The lowest BCUT2D eigenvalue weighted by atomic mass is 10.1. The Kier molecular flexibility index (Phi) is 6.39. The Balaban J connectivity index is 2.06. The molecule has 0 spiro atoms. The molecule has 2 aromatic carbocycles. The van der Waals surface area contributed by atoms with Crippen molar-refractivity contribution in [2.45, 2.75) is 19.5 Å². The van der Waals surface area contributed by atoms with Gasteiger partial charge >= 0.3 is 5.97 Å². The highest BCUT2D eigenvalue weighted by Crippen LogP contribution is 2.15. The molecule has 1 N–H and O–H groups in total. The lowest BCUT2D eigenvalue weighted by Crippen LogP contribution is -2.19. The van der Waals surface area contributed by atoms with Crippen molar-refractivity contribution >= 4 is 5.97 Å². The molecule has 0 amide bonds. The summed E-state index contributed by atoms with van der Waals surface area (Å²) in [5, 5.41) is 3.46. The predicted molar refractivity (Wildman–Crippen MR) is 88.2 cm³/mol. The number of hydrogen-bond donors (Lipinski definition) is 1. The smallest absolute Gasteiger partial charge is 0.330 e. The van der Waals surface area contributed by atoms with E-state index in [0.29, 0.717) is 6.61 Å². The standard InChI is InChI=1S/C19H21NO2/c1-2-22-19(21)14-13-18(17-11-7-4-8-12-17)20-15-16-9-5-3-6-10-16/h3-14,18,20H,2,15H2,1H3/b14-13+/t18-/m1/s1. The van der Waals surface area contributed by atoms with E-state index in [1.165, 1.54) is 11.6 Å². The molecule has 0 radical (unpaired) electrons. The van der Waals surface area contributed by atoms with E-state index in [2.05, 4.69) is 17.4 Å². The Bertz CT molecular complexity index is 593. The van der Waals surface area contributed by atoms with Crippen LogP contribution in [-0.2, 0) is 16.1 Å². The minimum absolute atomic E-state index is 0.0363. The molecule has 0 aliphatic rings. The second-order valence-corrected chi connectivity index (χ2v) is 4.87. The van der Waals surface area contributed by atoms with E-state index in [4.69, 9.17) is 4.74 Å². The van der Waals surface area contributed by atoms with Gasteiger partial charge in [0.05, 0.1) is 12.6 Å². The first-order valence-corrected chi connectivity index (χ1v) is 7.47. The molecule has 2 rings (SSSR count). The number of esters is 1. The van der Waals surface area contributed by atoms with Crippen LogP contribution in [0.1, 0.15) is 24.1 Å². The summed E-state index contributed by atoms with van der Waals surface area (Å²) in [6.07, 6.45) is 3.33. The van der Waals surface area contributed by atoms with Crippen LogP contribution in [0.25, 0.3) is 0 Å². The lowest BCUT2D eigenvalue weighted by molar-refractivity contribution is -0.137. The molecular weight excluding hydrogens is 274 g/mol. The van der Waals surface area contributed by atoms with Crippen molar-refractivity contribution < 1.29 is 9.53 Å². The van der Waals surface area contributed by atoms with E-state index in [1.807, 2.05) is 54.6 Å². The molecule has 114 valence electrons. The van der Waals surface area contributed by atoms with Crippen LogP contribution >= 0.6 is 0 Å². The Morgan fingerprint density at radius 3 is 2.36 bits per heavy atom. The SMILES string of the molecule is CCOC(=O)/C=C/[C@@H](NCc1ccccc1)c1ccccc1. The number of hydrogen-bond acceptors (Lipinski definition) is 3. The van der Waals surface area contributed by atoms with Crippen LogP contribution in [-0.4, -0.2) is 12.6 Å². The zero-order valence-electron chi connectivity index (χ0n) is 12.7. The van der Waals surface area contributed by atoms with Crippen LogP contribution in [0.2, 0.25) is 0 Å². The van der Waals surface area contributed by atoms with Gasteiger partial charge in [0.25, 0.3) is 0 Å². The largest absolute Gasteiger partial charge is 0.463 e. The Morgan fingerprint density at radius 2 is 1.73 bits per heavy atom. The normalized spacial score (nSPS) is 12.2. The Morgan fingerprint density at radius 1 is 1.09 bits per heavy atom. The first-order chi connectivity index (χ1) is 10.8. The minimum Gasteiger partial charge on any atom is -0.463 e. The summed E-state index contributed by atoms with van der Waals surface area (Å²) in [6, 6.07) is 20.2. The van der Waals surface area contributed by atoms with Crippen molar-refractivity contribution in [3.05, 3.63) is 83.9 Å². The molecule has 0 aliphatic heterocycles. The zero-order chi connectivity index (χ0) is 15.6. The summed E-state index contributed by atoms with van der Waals surface area (Å²) < 4.78 is 4.94. The molecule has 0 saturated heterocycles. The third-order valence-corrected chi connectivity index (χ3v) is 3.24. The fourth-order valence-corrected chi connectivity index (χ4v) is 2.15. The van der Waals surface area contributed by atoms with Crippen molar-refractivity contribution in [1.29, 1.82) is 0 Å². The molecule has 2 aromatic rings. The monoisotopic (exact) mass is 295 g/mol. The van der Waals surface area contributed by atoms with Crippen LogP contribution in [0.3, 0.4) is 0 Å². The summed E-state index contributed by atoms with van der Waals surface area (Å²) in [5.74, 6) is -0.315. The van der Waals surface area contributed by atoms with Gasteiger partial charge in [-0.25, -0.2) is 4.79 Å². The van der Waals surface area contributed by atoms with Gasteiger partial charge in [-0.3, -0.25) is 0 Å². The predicted octanol–water partition coefficient (Wildman–Crippen LogP) is 3.64. The summed E-state index contributed by atoms with van der Waals surface area (Å²) in [5.41, 5.74) is 2.31. The third-order valence-electron chi connectivity index (χ3n) is 3.24. The van der Waals surface area contributed by atoms with Crippen molar-refractivity contribution in [1.82, 2.24) is 5.32 Å². The first kappa shape index (κ1) is 16.0. The maximum absolute atomic E-state index is 11.5. The van der Waals surface area contributed by atoms with Gasteiger partial charge in [-0.1, -0.05) is 66.7 Å². The molecule has 0 aromatic heterocycles. The molecule has 0 heterocycles. The minimum atomic E-state index is -0.315. The molecule has 0 bridgehead atoms. The molecule has 0 aliphatic carbocycles. The molecule has 0 saturated carbocycles. The first-order valence-electron chi connectivity index (χ1n) is 7.47. The van der Waals surface area contributed by atoms with Gasteiger partial charge in [0, 0.05) is 12.6 Å². The number of ether oxygens (including phenoxy) is 1. The molecule has 3 nitrogen and oxygen atoms in total. The zero-order valence-corrected chi connectivity index (χ0v) is 12.7. The molecule has 22 heavy (non-hydrogen) atoms. The number of carbonyl (C=O) groups excluding carboxylic acids is 1. The van der Waals surface area contributed by atoms with Gasteiger partial charge < -0.3 is 10.1 Å². The van der Waals surface area contributed by atoms with Crippen LogP contribution in [0.15, 0.2) is 72.8 Å². The highest BCUT2D eigenvalue weighted by Gasteiger charge is 2.08.